The van der Waals surface area contributed by atoms with Crippen LogP contribution in [0.2, 0.25) is 10.0 Å². The van der Waals surface area contributed by atoms with Crippen molar-refractivity contribution in [2.45, 2.75) is 0 Å². The van der Waals surface area contributed by atoms with Crippen LogP contribution >= 0.6 is 23.2 Å². The van der Waals surface area contributed by atoms with E-state index >= 15 is 0 Å². The summed E-state index contributed by atoms with van der Waals surface area (Å²) >= 11 is 11.8. The maximum atomic E-state index is 12.0. The van der Waals surface area contributed by atoms with Gasteiger partial charge in [0.2, 0.25) is 5.88 Å². The van der Waals surface area contributed by atoms with Crippen LogP contribution in [0.5, 0.6) is 5.88 Å². The molecule has 1 aromatic heterocycles. The molecule has 0 atom stereocenters. The summed E-state index contributed by atoms with van der Waals surface area (Å²) in [6.45, 7) is 0. The second-order valence-electron chi connectivity index (χ2n) is 3.52. The maximum absolute atomic E-state index is 12.0. The predicted octanol–water partition coefficient (Wildman–Crippen LogP) is 3.04. The van der Waals surface area contributed by atoms with Crippen LogP contribution in [0.1, 0.15) is 10.5 Å². The number of carbonyl (C=O) groups is 1. The fourth-order valence-electron chi connectivity index (χ4n) is 1.35. The number of halogens is 2. The lowest BCUT2D eigenvalue weighted by atomic mass is 10.3. The lowest BCUT2D eigenvalue weighted by Crippen LogP contribution is -2.14. The molecule has 0 saturated carbocycles. The molecule has 2 aromatic rings. The van der Waals surface area contributed by atoms with E-state index in [0.29, 0.717) is 21.6 Å². The number of nitrogens with zero attached hydrogens (tertiary/aromatic N) is 2. The summed E-state index contributed by atoms with van der Waals surface area (Å²) in [4.78, 5) is 19.7. The van der Waals surface area contributed by atoms with Gasteiger partial charge in [-0.15, -0.1) is 0 Å². The first-order valence-corrected chi connectivity index (χ1v) is 5.98. The number of methoxy groups -OCH3 is 1. The van der Waals surface area contributed by atoms with Crippen molar-refractivity contribution in [1.29, 1.82) is 0 Å². The molecule has 0 aliphatic rings. The van der Waals surface area contributed by atoms with E-state index in [4.69, 9.17) is 27.9 Å². The first-order chi connectivity index (χ1) is 9.10. The third-order valence-electron chi connectivity index (χ3n) is 2.26. The monoisotopic (exact) mass is 297 g/mol. The minimum atomic E-state index is -0.426. The quantitative estimate of drug-likeness (QED) is 0.946. The van der Waals surface area contributed by atoms with Crippen LogP contribution in [0, 0.1) is 0 Å². The van der Waals surface area contributed by atoms with Gasteiger partial charge in [-0.1, -0.05) is 23.2 Å². The summed E-state index contributed by atoms with van der Waals surface area (Å²) in [5.41, 5.74) is 0.583. The number of ether oxygens (including phenoxy) is 1. The van der Waals surface area contributed by atoms with E-state index in [1.807, 2.05) is 0 Å². The molecule has 0 saturated heterocycles. The van der Waals surface area contributed by atoms with E-state index in [9.17, 15) is 4.79 Å². The molecule has 98 valence electrons. The van der Waals surface area contributed by atoms with Crippen LogP contribution in [0.15, 0.2) is 30.6 Å². The third-order valence-corrected chi connectivity index (χ3v) is 2.83. The topological polar surface area (TPSA) is 64.1 Å². The van der Waals surface area contributed by atoms with Crippen molar-refractivity contribution in [1.82, 2.24) is 9.97 Å². The van der Waals surface area contributed by atoms with Crippen LogP contribution in [0.25, 0.3) is 0 Å². The Morgan fingerprint density at radius 3 is 2.79 bits per heavy atom. The first-order valence-electron chi connectivity index (χ1n) is 5.22. The summed E-state index contributed by atoms with van der Waals surface area (Å²) in [5.74, 6) is -0.123. The molecule has 0 radical (unpaired) electrons. The number of amides is 1. The van der Waals surface area contributed by atoms with E-state index < -0.39 is 5.91 Å². The van der Waals surface area contributed by atoms with E-state index in [1.165, 1.54) is 19.5 Å². The molecule has 1 heterocycles. The maximum Gasteiger partial charge on any atom is 0.274 e. The van der Waals surface area contributed by atoms with Gasteiger partial charge in [-0.05, 0) is 18.2 Å². The third kappa shape index (κ3) is 3.33. The summed E-state index contributed by atoms with van der Waals surface area (Å²) in [5, 5.41) is 3.48. The van der Waals surface area contributed by atoms with Gasteiger partial charge in [0.1, 0.15) is 12.0 Å². The molecule has 0 bridgehead atoms. The van der Waals surface area contributed by atoms with Gasteiger partial charge >= 0.3 is 0 Å². The summed E-state index contributed by atoms with van der Waals surface area (Å²) in [7, 11) is 1.46. The molecular weight excluding hydrogens is 289 g/mol. The Labute approximate surface area is 119 Å². The van der Waals surface area contributed by atoms with Crippen molar-refractivity contribution in [2.24, 2.45) is 0 Å². The summed E-state index contributed by atoms with van der Waals surface area (Å²) in [6, 6.07) is 6.21. The number of aromatic nitrogens is 2. The van der Waals surface area contributed by atoms with Gasteiger partial charge in [0.25, 0.3) is 5.91 Å². The van der Waals surface area contributed by atoms with Gasteiger partial charge in [-0.3, -0.25) is 4.79 Å². The fourth-order valence-corrected chi connectivity index (χ4v) is 1.69. The average Bonchev–Trinajstić information content (AvgIpc) is 2.43. The Kier molecular flexibility index (Phi) is 4.19. The minimum absolute atomic E-state index is 0.169. The first kappa shape index (κ1) is 13.6. The number of hydrogen-bond donors (Lipinski definition) is 1. The number of rotatable bonds is 3. The van der Waals surface area contributed by atoms with Crippen LogP contribution in [-0.2, 0) is 0 Å². The number of nitrogens with one attached hydrogen (secondary N) is 1. The van der Waals surface area contributed by atoms with Gasteiger partial charge < -0.3 is 10.1 Å². The van der Waals surface area contributed by atoms with Gasteiger partial charge in [-0.25, -0.2) is 9.97 Å². The molecule has 0 aliphatic heterocycles. The fraction of sp³-hybridized carbons (Fsp3) is 0.0833. The van der Waals surface area contributed by atoms with E-state index in [2.05, 4.69) is 15.3 Å². The van der Waals surface area contributed by atoms with E-state index in [0.717, 1.165) is 0 Å². The highest BCUT2D eigenvalue weighted by atomic mass is 35.5. The van der Waals surface area contributed by atoms with Gasteiger partial charge in [0.05, 0.1) is 17.8 Å². The van der Waals surface area contributed by atoms with Crippen molar-refractivity contribution in [2.75, 3.05) is 12.4 Å². The van der Waals surface area contributed by atoms with Crippen molar-refractivity contribution < 1.29 is 9.53 Å². The Balaban J connectivity index is 2.22. The lowest BCUT2D eigenvalue weighted by Gasteiger charge is -2.07. The van der Waals surface area contributed by atoms with Gasteiger partial charge in [0, 0.05) is 11.1 Å². The van der Waals surface area contributed by atoms with Crippen LogP contribution < -0.4 is 10.1 Å². The highest BCUT2D eigenvalue weighted by molar-refractivity contribution is 6.35. The molecule has 0 aliphatic carbocycles. The molecule has 1 aromatic carbocycles. The molecule has 2 rings (SSSR count). The van der Waals surface area contributed by atoms with E-state index in [1.54, 1.807) is 18.2 Å². The number of carbonyl (C=O) groups excluding carboxylic acids is 1. The van der Waals surface area contributed by atoms with Crippen molar-refractivity contribution >= 4 is 34.8 Å². The molecule has 19 heavy (non-hydrogen) atoms. The zero-order chi connectivity index (χ0) is 13.8. The Bertz CT molecular complexity index is 620. The lowest BCUT2D eigenvalue weighted by molar-refractivity contribution is 0.102. The SMILES string of the molecule is COc1cc(C(=O)Nc2cc(Cl)ccc2Cl)ncn1. The predicted molar refractivity (Wildman–Crippen MR) is 73.0 cm³/mol. The normalized spacial score (nSPS) is 10.1. The van der Waals surface area contributed by atoms with Gasteiger partial charge in [0.15, 0.2) is 0 Å². The second kappa shape index (κ2) is 5.86. The Hall–Kier alpha value is -1.85. The standard InChI is InChI=1S/C12H9Cl2N3O2/c1-19-11-5-10(15-6-16-11)12(18)17-9-4-7(13)2-3-8(9)14/h2-6H,1H3,(H,17,18). The molecule has 7 heteroatoms. The zero-order valence-electron chi connectivity index (χ0n) is 9.85. The van der Waals surface area contributed by atoms with Crippen LogP contribution in [0.4, 0.5) is 5.69 Å². The minimum Gasteiger partial charge on any atom is -0.481 e. The second-order valence-corrected chi connectivity index (χ2v) is 4.37. The molecule has 1 N–H and O–H groups in total. The summed E-state index contributed by atoms with van der Waals surface area (Å²) in [6.07, 6.45) is 1.24. The zero-order valence-corrected chi connectivity index (χ0v) is 11.4. The molecule has 5 nitrogen and oxygen atoms in total. The van der Waals surface area contributed by atoms with Crippen LogP contribution in [0.3, 0.4) is 0 Å². The van der Waals surface area contributed by atoms with E-state index in [-0.39, 0.29) is 5.69 Å². The van der Waals surface area contributed by atoms with Crippen molar-refractivity contribution in [3.05, 3.63) is 46.3 Å². The Morgan fingerprint density at radius 1 is 1.26 bits per heavy atom. The summed E-state index contributed by atoms with van der Waals surface area (Å²) < 4.78 is 4.92. The molecular formula is C12H9Cl2N3O2. The largest absolute Gasteiger partial charge is 0.481 e. The molecule has 1 amide bonds. The molecule has 0 unspecified atom stereocenters. The number of hydrogen-bond acceptors (Lipinski definition) is 4. The highest BCUT2D eigenvalue weighted by Crippen LogP contribution is 2.25. The average molecular weight is 298 g/mol. The van der Waals surface area contributed by atoms with Gasteiger partial charge in [-0.2, -0.15) is 0 Å². The Morgan fingerprint density at radius 2 is 2.05 bits per heavy atom. The smallest absolute Gasteiger partial charge is 0.274 e. The van der Waals surface area contributed by atoms with Crippen molar-refractivity contribution in [3.63, 3.8) is 0 Å². The number of anilines is 1. The highest BCUT2D eigenvalue weighted by Gasteiger charge is 2.11. The number of benzene rings is 1. The molecule has 0 fully saturated rings. The van der Waals surface area contributed by atoms with Crippen molar-refractivity contribution in [3.8, 4) is 5.88 Å². The van der Waals surface area contributed by atoms with Crippen LogP contribution in [-0.4, -0.2) is 23.0 Å². The molecule has 0 spiro atoms.